The highest BCUT2D eigenvalue weighted by atomic mass is 79.9. The van der Waals surface area contributed by atoms with Crippen molar-refractivity contribution in [3.8, 4) is 5.75 Å². The highest BCUT2D eigenvalue weighted by Crippen LogP contribution is 2.36. The molecule has 4 aromatic rings. The van der Waals surface area contributed by atoms with E-state index in [1.165, 1.54) is 11.1 Å². The summed E-state index contributed by atoms with van der Waals surface area (Å²) in [7, 11) is 3.47. The van der Waals surface area contributed by atoms with Gasteiger partial charge in [0.1, 0.15) is 11.6 Å². The fourth-order valence-electron chi connectivity index (χ4n) is 5.80. The van der Waals surface area contributed by atoms with Crippen LogP contribution >= 0.6 is 23.9 Å². The van der Waals surface area contributed by atoms with E-state index < -0.39 is 7.92 Å². The summed E-state index contributed by atoms with van der Waals surface area (Å²) >= 11 is 3.64. The Bertz CT molecular complexity index is 1600. The molecule has 0 radical (unpaired) electrons. The summed E-state index contributed by atoms with van der Waals surface area (Å²) in [5.41, 5.74) is 6.32. The maximum absolute atomic E-state index is 5.83. The molecule has 1 fully saturated rings. The van der Waals surface area contributed by atoms with Crippen LogP contribution in [0, 0.1) is 0 Å². The van der Waals surface area contributed by atoms with Gasteiger partial charge in [-0.15, -0.1) is 0 Å². The summed E-state index contributed by atoms with van der Waals surface area (Å²) in [4.78, 5) is 26.1. The Morgan fingerprint density at radius 2 is 1.70 bits per heavy atom. The number of halogens is 1. The molecule has 0 unspecified atom stereocenters. The van der Waals surface area contributed by atoms with Crippen molar-refractivity contribution in [3.05, 3.63) is 58.5 Å². The molecule has 4 heterocycles. The Morgan fingerprint density at radius 3 is 2.49 bits per heavy atom. The van der Waals surface area contributed by atoms with Gasteiger partial charge in [-0.05, 0) is 78.1 Å². The normalized spacial score (nSPS) is 16.4. The molecule has 2 aliphatic rings. The number of nitrogens with zero attached hydrogens (tertiary/aromatic N) is 7. The standard InChI is InChI=1S/C31H39BrN9OP/c1-39-11-13-40(14-12-39)15-16-41-10-7-21-17-26(27(42-2)18-22(21)20-41)37-31-35-19-23(32)30(38-31)36-25-6-5-24-28(29(25)43(3)4)34-9-8-33-24/h5-6,8-9,17-19H,7,10-16,20H2,1-4H3,(H2,35,36,37,38). The molecule has 0 bridgehead atoms. The number of anilines is 4. The molecule has 0 amide bonds. The third kappa shape index (κ3) is 6.91. The molecule has 0 saturated carbocycles. The van der Waals surface area contributed by atoms with E-state index in [2.05, 4.69) is 94.8 Å². The number of piperazine rings is 1. The van der Waals surface area contributed by atoms with Crippen LogP contribution in [0.5, 0.6) is 5.75 Å². The Morgan fingerprint density at radius 1 is 0.907 bits per heavy atom. The highest BCUT2D eigenvalue weighted by Gasteiger charge is 2.22. The van der Waals surface area contributed by atoms with Crippen molar-refractivity contribution < 1.29 is 4.74 Å². The Labute approximate surface area is 263 Å². The lowest BCUT2D eigenvalue weighted by atomic mass is 9.98. The van der Waals surface area contributed by atoms with Gasteiger partial charge in [-0.3, -0.25) is 19.8 Å². The molecular formula is C31H39BrN9OP. The Kier molecular flexibility index (Phi) is 9.35. The van der Waals surface area contributed by atoms with Gasteiger partial charge >= 0.3 is 0 Å². The predicted octanol–water partition coefficient (Wildman–Crippen LogP) is 4.65. The molecule has 1 saturated heterocycles. The molecule has 0 spiro atoms. The molecular weight excluding hydrogens is 625 g/mol. The van der Waals surface area contributed by atoms with E-state index in [0.29, 0.717) is 11.8 Å². The number of benzene rings is 2. The summed E-state index contributed by atoms with van der Waals surface area (Å²) in [5, 5.41) is 8.12. The van der Waals surface area contributed by atoms with Gasteiger partial charge in [0.2, 0.25) is 5.95 Å². The third-order valence-electron chi connectivity index (χ3n) is 8.25. The SMILES string of the molecule is COc1cc2c(cc1Nc1ncc(Br)c(Nc3ccc4nccnc4c3P(C)C)n1)CCN(CCN1CCN(C)CC1)C2. The zero-order chi connectivity index (χ0) is 29.9. The van der Waals surface area contributed by atoms with Crippen LogP contribution in [0.3, 0.4) is 0 Å². The van der Waals surface area contributed by atoms with Gasteiger partial charge in [-0.1, -0.05) is 7.92 Å². The predicted molar refractivity (Wildman–Crippen MR) is 180 cm³/mol. The number of ether oxygens (including phenoxy) is 1. The van der Waals surface area contributed by atoms with Gasteiger partial charge in [-0.25, -0.2) is 4.98 Å². The molecule has 2 N–H and O–H groups in total. The molecule has 2 aromatic heterocycles. The van der Waals surface area contributed by atoms with Crippen molar-refractivity contribution in [2.24, 2.45) is 0 Å². The van der Waals surface area contributed by atoms with E-state index in [4.69, 9.17) is 9.72 Å². The van der Waals surface area contributed by atoms with Gasteiger partial charge in [0.05, 0.1) is 28.3 Å². The fourth-order valence-corrected chi connectivity index (χ4v) is 7.29. The van der Waals surface area contributed by atoms with Crippen LogP contribution in [0.15, 0.2) is 47.3 Å². The van der Waals surface area contributed by atoms with Crippen molar-refractivity contribution in [1.29, 1.82) is 0 Å². The van der Waals surface area contributed by atoms with E-state index in [9.17, 15) is 0 Å². The fraction of sp³-hybridized carbons (Fsp3) is 0.419. The van der Waals surface area contributed by atoms with E-state index >= 15 is 0 Å². The van der Waals surface area contributed by atoms with Gasteiger partial charge in [0.15, 0.2) is 0 Å². The van der Waals surface area contributed by atoms with Crippen LogP contribution in [0.25, 0.3) is 11.0 Å². The van der Waals surface area contributed by atoms with Crippen molar-refractivity contribution in [2.75, 3.05) is 83.9 Å². The largest absolute Gasteiger partial charge is 0.495 e. The van der Waals surface area contributed by atoms with Crippen molar-refractivity contribution in [3.63, 3.8) is 0 Å². The minimum Gasteiger partial charge on any atom is -0.495 e. The summed E-state index contributed by atoms with van der Waals surface area (Å²) in [5.74, 6) is 1.96. The van der Waals surface area contributed by atoms with Gasteiger partial charge in [0.25, 0.3) is 0 Å². The second kappa shape index (κ2) is 13.4. The first-order valence-corrected chi connectivity index (χ1v) is 17.7. The Balaban J connectivity index is 1.18. The summed E-state index contributed by atoms with van der Waals surface area (Å²) in [6.45, 7) is 13.3. The van der Waals surface area contributed by atoms with Gasteiger partial charge in [0, 0.05) is 81.9 Å². The number of nitrogens with one attached hydrogen (secondary N) is 2. The molecule has 0 atom stereocenters. The first kappa shape index (κ1) is 30.1. The number of hydrogen-bond donors (Lipinski definition) is 2. The molecule has 6 rings (SSSR count). The molecule has 12 heteroatoms. The molecule has 10 nitrogen and oxygen atoms in total. The number of methoxy groups -OCH3 is 1. The maximum Gasteiger partial charge on any atom is 0.229 e. The van der Waals surface area contributed by atoms with Crippen LogP contribution in [0.2, 0.25) is 0 Å². The lowest BCUT2D eigenvalue weighted by Gasteiger charge is -2.35. The monoisotopic (exact) mass is 663 g/mol. The number of aromatic nitrogens is 4. The molecule has 0 aliphatic carbocycles. The number of hydrogen-bond acceptors (Lipinski definition) is 10. The second-order valence-electron chi connectivity index (χ2n) is 11.4. The van der Waals surface area contributed by atoms with Crippen LogP contribution in [0.4, 0.5) is 23.1 Å². The summed E-state index contributed by atoms with van der Waals surface area (Å²) in [6, 6.07) is 8.42. The van der Waals surface area contributed by atoms with Crippen LogP contribution in [0.1, 0.15) is 11.1 Å². The van der Waals surface area contributed by atoms with Crippen molar-refractivity contribution in [1.82, 2.24) is 34.6 Å². The first-order chi connectivity index (χ1) is 20.9. The highest BCUT2D eigenvalue weighted by molar-refractivity contribution is 9.10. The molecule has 226 valence electrons. The zero-order valence-corrected chi connectivity index (χ0v) is 27.7. The topological polar surface area (TPSA) is 94.6 Å². The van der Waals surface area contributed by atoms with E-state index in [1.54, 1.807) is 25.7 Å². The Hall–Kier alpha value is -2.95. The quantitative estimate of drug-likeness (QED) is 0.247. The van der Waals surface area contributed by atoms with Crippen LogP contribution < -0.4 is 20.7 Å². The average molecular weight is 665 g/mol. The smallest absolute Gasteiger partial charge is 0.229 e. The van der Waals surface area contributed by atoms with E-state index in [0.717, 1.165) is 96.7 Å². The number of fused-ring (bicyclic) bond motifs is 2. The number of likely N-dealkylation sites (N-methyl/N-ethyl adjacent to an activating group) is 1. The first-order valence-electron chi connectivity index (χ1n) is 14.7. The minimum absolute atomic E-state index is 0.456. The zero-order valence-electron chi connectivity index (χ0n) is 25.3. The lowest BCUT2D eigenvalue weighted by molar-refractivity contribution is 0.131. The summed E-state index contributed by atoms with van der Waals surface area (Å²) in [6.07, 6.45) is 6.25. The number of rotatable bonds is 9. The summed E-state index contributed by atoms with van der Waals surface area (Å²) < 4.78 is 6.60. The van der Waals surface area contributed by atoms with E-state index in [1.807, 2.05) is 6.07 Å². The van der Waals surface area contributed by atoms with Crippen molar-refractivity contribution in [2.45, 2.75) is 13.0 Å². The molecule has 43 heavy (non-hydrogen) atoms. The minimum atomic E-state index is -0.456. The lowest BCUT2D eigenvalue weighted by Crippen LogP contribution is -2.47. The van der Waals surface area contributed by atoms with Crippen molar-refractivity contribution >= 4 is 63.3 Å². The van der Waals surface area contributed by atoms with Gasteiger partial charge < -0.3 is 20.3 Å². The maximum atomic E-state index is 5.83. The third-order valence-corrected chi connectivity index (χ3v) is 10.2. The van der Waals surface area contributed by atoms with Gasteiger partial charge in [-0.2, -0.15) is 4.98 Å². The molecule has 2 aromatic carbocycles. The van der Waals surface area contributed by atoms with Crippen LogP contribution in [-0.2, 0) is 13.0 Å². The average Bonchev–Trinajstić information content (AvgIpc) is 3.01. The molecule has 2 aliphatic heterocycles. The van der Waals surface area contributed by atoms with Crippen LogP contribution in [-0.4, -0.2) is 108 Å². The van der Waals surface area contributed by atoms with E-state index in [-0.39, 0.29) is 0 Å². The second-order valence-corrected chi connectivity index (χ2v) is 14.5.